The van der Waals surface area contributed by atoms with Crippen LogP contribution < -0.4 is 4.80 Å². The number of para-hydroxylation sites is 1. The summed E-state index contributed by atoms with van der Waals surface area (Å²) < 4.78 is 3.18. The fourth-order valence-corrected chi connectivity index (χ4v) is 3.77. The van der Waals surface area contributed by atoms with Crippen molar-refractivity contribution in [1.29, 1.82) is 0 Å². The van der Waals surface area contributed by atoms with E-state index in [0.29, 0.717) is 16.9 Å². The Labute approximate surface area is 139 Å². The van der Waals surface area contributed by atoms with Gasteiger partial charge in [-0.2, -0.15) is 4.99 Å². The van der Waals surface area contributed by atoms with E-state index in [2.05, 4.69) is 35.2 Å². The Hall–Kier alpha value is -2.46. The second kappa shape index (κ2) is 6.34. The van der Waals surface area contributed by atoms with Crippen molar-refractivity contribution in [3.8, 4) is 0 Å². The molecule has 116 valence electrons. The third-order valence-electron chi connectivity index (χ3n) is 3.79. The number of hydrogen-bond acceptors (Lipinski definition) is 2. The van der Waals surface area contributed by atoms with Gasteiger partial charge in [-0.15, -0.1) is 6.58 Å². The number of thiazole rings is 1. The molecule has 1 amide bonds. The smallest absolute Gasteiger partial charge is 0.279 e. The van der Waals surface area contributed by atoms with Crippen molar-refractivity contribution >= 4 is 27.5 Å². The predicted molar refractivity (Wildman–Crippen MR) is 95.8 cm³/mol. The number of amides is 1. The lowest BCUT2D eigenvalue weighted by Gasteiger charge is -2.04. The second-order valence-electron chi connectivity index (χ2n) is 5.44. The number of fused-ring (bicyclic) bond motifs is 1. The van der Waals surface area contributed by atoms with Gasteiger partial charge in [0, 0.05) is 12.1 Å². The Morgan fingerprint density at radius 1 is 1.17 bits per heavy atom. The van der Waals surface area contributed by atoms with Crippen molar-refractivity contribution in [3.05, 3.63) is 76.6 Å². The average Bonchev–Trinajstić information content (AvgIpc) is 2.87. The van der Waals surface area contributed by atoms with E-state index in [4.69, 9.17) is 0 Å². The van der Waals surface area contributed by atoms with E-state index in [0.717, 1.165) is 15.8 Å². The van der Waals surface area contributed by atoms with Gasteiger partial charge in [0.15, 0.2) is 4.80 Å². The Morgan fingerprint density at radius 3 is 2.65 bits per heavy atom. The normalized spacial score (nSPS) is 11.8. The summed E-state index contributed by atoms with van der Waals surface area (Å²) in [5.41, 5.74) is 3.87. The lowest BCUT2D eigenvalue weighted by atomic mass is 10.1. The molecule has 1 aromatic heterocycles. The van der Waals surface area contributed by atoms with Crippen LogP contribution in [-0.2, 0) is 6.54 Å². The maximum atomic E-state index is 12.6. The fraction of sp³-hybridized carbons (Fsp3) is 0.158. The lowest BCUT2D eigenvalue weighted by Crippen LogP contribution is -2.17. The van der Waals surface area contributed by atoms with Crippen LogP contribution in [0.2, 0.25) is 0 Å². The zero-order valence-corrected chi connectivity index (χ0v) is 14.1. The summed E-state index contributed by atoms with van der Waals surface area (Å²) in [4.78, 5) is 17.6. The third-order valence-corrected chi connectivity index (χ3v) is 4.83. The van der Waals surface area contributed by atoms with Crippen LogP contribution in [0.4, 0.5) is 0 Å². The molecule has 3 rings (SSSR count). The molecule has 2 aromatic carbocycles. The summed E-state index contributed by atoms with van der Waals surface area (Å²) in [6.07, 6.45) is 1.83. The molecule has 0 radical (unpaired) electrons. The topological polar surface area (TPSA) is 34.4 Å². The van der Waals surface area contributed by atoms with Gasteiger partial charge in [0.25, 0.3) is 5.91 Å². The summed E-state index contributed by atoms with van der Waals surface area (Å²) in [6, 6.07) is 13.7. The molecule has 0 N–H and O–H groups in total. The maximum Gasteiger partial charge on any atom is 0.279 e. The van der Waals surface area contributed by atoms with E-state index < -0.39 is 0 Å². The lowest BCUT2D eigenvalue weighted by molar-refractivity contribution is 0.0997. The van der Waals surface area contributed by atoms with Gasteiger partial charge < -0.3 is 4.57 Å². The average molecular weight is 322 g/mol. The van der Waals surface area contributed by atoms with Crippen molar-refractivity contribution in [2.75, 3.05) is 0 Å². The van der Waals surface area contributed by atoms with Gasteiger partial charge in [-0.3, -0.25) is 4.79 Å². The highest BCUT2D eigenvalue weighted by Crippen LogP contribution is 2.21. The minimum Gasteiger partial charge on any atom is -0.312 e. The van der Waals surface area contributed by atoms with Crippen LogP contribution in [0.15, 0.2) is 60.1 Å². The Kier molecular flexibility index (Phi) is 4.26. The highest BCUT2D eigenvalue weighted by molar-refractivity contribution is 7.16. The van der Waals surface area contributed by atoms with Crippen LogP contribution in [-0.4, -0.2) is 10.5 Å². The molecule has 0 spiro atoms. The highest BCUT2D eigenvalue weighted by atomic mass is 32.1. The molecule has 0 aliphatic heterocycles. The first-order valence-corrected chi connectivity index (χ1v) is 8.28. The van der Waals surface area contributed by atoms with Gasteiger partial charge in [0.2, 0.25) is 0 Å². The summed E-state index contributed by atoms with van der Waals surface area (Å²) in [6.45, 7) is 8.45. The zero-order valence-electron chi connectivity index (χ0n) is 13.2. The van der Waals surface area contributed by atoms with Crippen LogP contribution in [0.25, 0.3) is 10.2 Å². The molecule has 3 nitrogen and oxygen atoms in total. The van der Waals surface area contributed by atoms with Crippen molar-refractivity contribution in [2.24, 2.45) is 4.99 Å². The minimum atomic E-state index is -0.204. The molecule has 3 aromatic rings. The molecule has 0 unspecified atom stereocenters. The van der Waals surface area contributed by atoms with Crippen LogP contribution in [0.5, 0.6) is 0 Å². The number of nitrogens with zero attached hydrogens (tertiary/aromatic N) is 2. The SMILES string of the molecule is C=CCn1c(=NC(=O)c2ccccc2C)sc2cccc(C)c21. The fourth-order valence-electron chi connectivity index (χ4n) is 2.65. The van der Waals surface area contributed by atoms with Gasteiger partial charge in [-0.1, -0.05) is 47.7 Å². The molecule has 0 aliphatic rings. The van der Waals surface area contributed by atoms with E-state index in [1.54, 1.807) is 0 Å². The van der Waals surface area contributed by atoms with Gasteiger partial charge in [0.1, 0.15) is 0 Å². The Morgan fingerprint density at radius 2 is 1.91 bits per heavy atom. The van der Waals surface area contributed by atoms with Crippen molar-refractivity contribution < 1.29 is 4.79 Å². The first-order valence-electron chi connectivity index (χ1n) is 7.46. The highest BCUT2D eigenvalue weighted by Gasteiger charge is 2.11. The molecule has 23 heavy (non-hydrogen) atoms. The zero-order chi connectivity index (χ0) is 16.4. The first kappa shape index (κ1) is 15.4. The van der Waals surface area contributed by atoms with Crippen LogP contribution >= 0.6 is 11.3 Å². The van der Waals surface area contributed by atoms with E-state index in [-0.39, 0.29) is 5.91 Å². The maximum absolute atomic E-state index is 12.6. The number of rotatable bonds is 3. The van der Waals surface area contributed by atoms with Crippen LogP contribution in [0.1, 0.15) is 21.5 Å². The second-order valence-corrected chi connectivity index (χ2v) is 6.45. The van der Waals surface area contributed by atoms with Crippen molar-refractivity contribution in [1.82, 2.24) is 4.57 Å². The largest absolute Gasteiger partial charge is 0.312 e. The van der Waals surface area contributed by atoms with E-state index in [9.17, 15) is 4.79 Å². The van der Waals surface area contributed by atoms with Crippen molar-refractivity contribution in [3.63, 3.8) is 0 Å². The molecule has 0 atom stereocenters. The Balaban J connectivity index is 2.21. The van der Waals surface area contributed by atoms with Crippen molar-refractivity contribution in [2.45, 2.75) is 20.4 Å². The predicted octanol–water partition coefficient (Wildman–Crippen LogP) is 4.25. The molecular weight excluding hydrogens is 304 g/mol. The monoisotopic (exact) mass is 322 g/mol. The summed E-state index contributed by atoms with van der Waals surface area (Å²) >= 11 is 1.53. The number of benzene rings is 2. The van der Waals surface area contributed by atoms with Crippen LogP contribution in [0, 0.1) is 13.8 Å². The molecule has 0 saturated carbocycles. The van der Waals surface area contributed by atoms with Gasteiger partial charge >= 0.3 is 0 Å². The van der Waals surface area contributed by atoms with E-state index in [1.807, 2.05) is 43.3 Å². The molecule has 0 fully saturated rings. The molecule has 1 heterocycles. The number of allylic oxidation sites excluding steroid dienone is 1. The quantitative estimate of drug-likeness (QED) is 0.664. The summed E-state index contributed by atoms with van der Waals surface area (Å²) in [5.74, 6) is -0.204. The first-order chi connectivity index (χ1) is 11.1. The number of carbonyl (C=O) groups excluding carboxylic acids is 1. The molecule has 0 bridgehead atoms. The standard InChI is InChI=1S/C19H18N2OS/c1-4-12-21-17-14(3)9-7-11-16(17)23-19(21)20-18(22)15-10-6-5-8-13(15)2/h4-11H,1,12H2,2-3H3. The number of aromatic nitrogens is 1. The molecule has 0 aliphatic carbocycles. The molecule has 4 heteroatoms. The minimum absolute atomic E-state index is 0.204. The summed E-state index contributed by atoms with van der Waals surface area (Å²) in [7, 11) is 0. The van der Waals surface area contributed by atoms with Crippen LogP contribution in [0.3, 0.4) is 0 Å². The third kappa shape index (κ3) is 2.90. The number of hydrogen-bond donors (Lipinski definition) is 0. The molecule has 0 saturated heterocycles. The number of aryl methyl sites for hydroxylation is 2. The summed E-state index contributed by atoms with van der Waals surface area (Å²) in [5, 5.41) is 0. The Bertz CT molecular complexity index is 963. The number of carbonyl (C=O) groups is 1. The van der Waals surface area contributed by atoms with Gasteiger partial charge in [0.05, 0.1) is 10.2 Å². The van der Waals surface area contributed by atoms with Gasteiger partial charge in [-0.25, -0.2) is 0 Å². The van der Waals surface area contributed by atoms with Gasteiger partial charge in [-0.05, 0) is 37.1 Å². The van der Waals surface area contributed by atoms with E-state index >= 15 is 0 Å². The van der Waals surface area contributed by atoms with E-state index in [1.165, 1.54) is 16.9 Å². The molecular formula is C19H18N2OS.